The van der Waals surface area contributed by atoms with E-state index in [1.165, 1.54) is 12.8 Å². The van der Waals surface area contributed by atoms with Gasteiger partial charge in [0.05, 0.1) is 13.1 Å². The van der Waals surface area contributed by atoms with Crippen LogP contribution in [0.25, 0.3) is 0 Å². The number of carbonyl (C=O) groups excluding carboxylic acids is 1. The summed E-state index contributed by atoms with van der Waals surface area (Å²) in [6.45, 7) is 3.53. The maximum absolute atomic E-state index is 12.3. The van der Waals surface area contributed by atoms with Gasteiger partial charge in [0.25, 0.3) is 5.91 Å². The van der Waals surface area contributed by atoms with E-state index < -0.39 is 0 Å². The number of hydrogen-bond donors (Lipinski definition) is 1. The number of likely N-dealkylation sites (tertiary alicyclic amines) is 1. The molecule has 7 nitrogen and oxygen atoms in total. The van der Waals surface area contributed by atoms with Crippen molar-refractivity contribution >= 4 is 11.9 Å². The van der Waals surface area contributed by atoms with E-state index in [1.54, 1.807) is 17.1 Å². The second kappa shape index (κ2) is 7.53. The van der Waals surface area contributed by atoms with Gasteiger partial charge in [-0.3, -0.25) is 15.0 Å². The van der Waals surface area contributed by atoms with Gasteiger partial charge in [0.2, 0.25) is 5.95 Å². The lowest BCUT2D eigenvalue weighted by Crippen LogP contribution is -2.18. The number of hydrogen-bond acceptors (Lipinski definition) is 5. The van der Waals surface area contributed by atoms with E-state index in [4.69, 9.17) is 4.42 Å². The predicted molar refractivity (Wildman–Crippen MR) is 96.7 cm³/mol. The van der Waals surface area contributed by atoms with E-state index in [-0.39, 0.29) is 17.6 Å². The molecule has 1 saturated heterocycles. The Kier molecular flexibility index (Phi) is 4.79. The average molecular weight is 351 g/mol. The molecule has 1 fully saturated rings. The molecule has 4 rings (SSSR count). The summed E-state index contributed by atoms with van der Waals surface area (Å²) in [4.78, 5) is 18.8. The van der Waals surface area contributed by atoms with Gasteiger partial charge in [-0.25, -0.2) is 9.67 Å². The number of amides is 1. The van der Waals surface area contributed by atoms with Crippen LogP contribution in [-0.4, -0.2) is 38.7 Å². The Morgan fingerprint density at radius 2 is 1.88 bits per heavy atom. The predicted octanol–water partition coefficient (Wildman–Crippen LogP) is 2.77. The zero-order valence-corrected chi connectivity index (χ0v) is 14.5. The first kappa shape index (κ1) is 16.5. The fraction of sp³-hybridized carbons (Fsp3) is 0.316. The van der Waals surface area contributed by atoms with E-state index in [1.807, 2.05) is 36.4 Å². The van der Waals surface area contributed by atoms with Crippen LogP contribution in [0.15, 0.2) is 53.2 Å². The molecule has 0 spiro atoms. The van der Waals surface area contributed by atoms with Crippen molar-refractivity contribution in [1.29, 1.82) is 0 Å². The second-order valence-corrected chi connectivity index (χ2v) is 6.45. The van der Waals surface area contributed by atoms with Gasteiger partial charge in [-0.05, 0) is 43.6 Å². The van der Waals surface area contributed by atoms with Crippen LogP contribution in [0.2, 0.25) is 0 Å². The van der Waals surface area contributed by atoms with Crippen molar-refractivity contribution in [2.45, 2.75) is 25.9 Å². The number of carbonyl (C=O) groups is 1. The summed E-state index contributed by atoms with van der Waals surface area (Å²) in [7, 11) is 0. The number of rotatable bonds is 6. The minimum Gasteiger partial charge on any atom is -0.455 e. The number of benzene rings is 1. The Labute approximate surface area is 151 Å². The van der Waals surface area contributed by atoms with Crippen molar-refractivity contribution in [2.75, 3.05) is 18.4 Å². The average Bonchev–Trinajstić information content (AvgIpc) is 3.39. The van der Waals surface area contributed by atoms with Crippen LogP contribution in [0.1, 0.15) is 34.7 Å². The SMILES string of the molecule is O=C(Nc1ncn(Cc2ccccc2)n1)c1ccc(CN2CCCC2)o1. The normalized spacial score (nSPS) is 14.6. The lowest BCUT2D eigenvalue weighted by molar-refractivity contribution is 0.0992. The van der Waals surface area contributed by atoms with E-state index in [9.17, 15) is 4.79 Å². The minimum absolute atomic E-state index is 0.267. The van der Waals surface area contributed by atoms with Crippen LogP contribution in [0.3, 0.4) is 0 Å². The van der Waals surface area contributed by atoms with Crippen molar-refractivity contribution in [3.63, 3.8) is 0 Å². The van der Waals surface area contributed by atoms with Crippen molar-refractivity contribution < 1.29 is 9.21 Å². The lowest BCUT2D eigenvalue weighted by Gasteiger charge is -2.11. The molecule has 0 atom stereocenters. The third-order valence-corrected chi connectivity index (χ3v) is 4.41. The summed E-state index contributed by atoms with van der Waals surface area (Å²) in [6, 6.07) is 13.5. The van der Waals surface area contributed by atoms with Crippen LogP contribution in [0, 0.1) is 0 Å². The molecule has 3 aromatic rings. The van der Waals surface area contributed by atoms with Gasteiger partial charge < -0.3 is 4.42 Å². The molecule has 1 aromatic carbocycles. The highest BCUT2D eigenvalue weighted by Crippen LogP contribution is 2.16. The van der Waals surface area contributed by atoms with Gasteiger partial charge in [0.15, 0.2) is 5.76 Å². The fourth-order valence-corrected chi connectivity index (χ4v) is 3.11. The molecule has 0 radical (unpaired) electrons. The highest BCUT2D eigenvalue weighted by Gasteiger charge is 2.17. The molecule has 134 valence electrons. The van der Waals surface area contributed by atoms with Crippen molar-refractivity contribution in [1.82, 2.24) is 19.7 Å². The summed E-state index contributed by atoms with van der Waals surface area (Å²) in [6.07, 6.45) is 4.06. The topological polar surface area (TPSA) is 76.2 Å². The third kappa shape index (κ3) is 4.00. The van der Waals surface area contributed by atoms with E-state index in [2.05, 4.69) is 20.3 Å². The Hall–Kier alpha value is -2.93. The van der Waals surface area contributed by atoms with Crippen molar-refractivity contribution in [3.8, 4) is 0 Å². The summed E-state index contributed by atoms with van der Waals surface area (Å²) in [5.74, 6) is 1.01. The first-order valence-corrected chi connectivity index (χ1v) is 8.82. The molecule has 0 bridgehead atoms. The molecule has 2 aromatic heterocycles. The molecule has 1 aliphatic heterocycles. The summed E-state index contributed by atoms with van der Waals surface area (Å²) < 4.78 is 7.35. The van der Waals surface area contributed by atoms with E-state index in [0.717, 1.165) is 31.0 Å². The highest BCUT2D eigenvalue weighted by molar-refractivity contribution is 6.01. The Morgan fingerprint density at radius 3 is 2.69 bits per heavy atom. The summed E-state index contributed by atoms with van der Waals surface area (Å²) in [5.41, 5.74) is 1.12. The van der Waals surface area contributed by atoms with Gasteiger partial charge >= 0.3 is 0 Å². The molecule has 7 heteroatoms. The summed E-state index contributed by atoms with van der Waals surface area (Å²) in [5, 5.41) is 6.97. The Balaban J connectivity index is 1.35. The van der Waals surface area contributed by atoms with Crippen LogP contribution in [-0.2, 0) is 13.1 Å². The molecule has 1 amide bonds. The highest BCUT2D eigenvalue weighted by atomic mass is 16.4. The van der Waals surface area contributed by atoms with E-state index >= 15 is 0 Å². The smallest absolute Gasteiger partial charge is 0.293 e. The molecular formula is C19H21N5O2. The first-order valence-electron chi connectivity index (χ1n) is 8.82. The van der Waals surface area contributed by atoms with Gasteiger partial charge in [0.1, 0.15) is 12.1 Å². The molecular weight excluding hydrogens is 330 g/mol. The van der Waals surface area contributed by atoms with Crippen molar-refractivity contribution in [2.24, 2.45) is 0 Å². The number of nitrogens with one attached hydrogen (secondary N) is 1. The Bertz CT molecular complexity index is 865. The largest absolute Gasteiger partial charge is 0.455 e. The number of aromatic nitrogens is 3. The standard InChI is InChI=1S/C19H21N5O2/c25-18(17-9-8-16(26-17)13-23-10-4-5-11-23)21-19-20-14-24(22-19)12-15-6-2-1-3-7-15/h1-3,6-9,14H,4-5,10-13H2,(H,21,22,25). The fourth-order valence-electron chi connectivity index (χ4n) is 3.11. The monoisotopic (exact) mass is 351 g/mol. The third-order valence-electron chi connectivity index (χ3n) is 4.41. The van der Waals surface area contributed by atoms with Gasteiger partial charge in [-0.15, -0.1) is 5.10 Å². The van der Waals surface area contributed by atoms with Gasteiger partial charge in [0, 0.05) is 0 Å². The maximum Gasteiger partial charge on any atom is 0.293 e. The first-order chi connectivity index (χ1) is 12.8. The molecule has 0 saturated carbocycles. The number of nitrogens with zero attached hydrogens (tertiary/aromatic N) is 4. The molecule has 26 heavy (non-hydrogen) atoms. The van der Waals surface area contributed by atoms with Crippen LogP contribution < -0.4 is 5.32 Å². The maximum atomic E-state index is 12.3. The van der Waals surface area contributed by atoms with Crippen LogP contribution >= 0.6 is 0 Å². The van der Waals surface area contributed by atoms with Crippen molar-refractivity contribution in [3.05, 3.63) is 65.9 Å². The lowest BCUT2D eigenvalue weighted by atomic mass is 10.2. The number of furan rings is 1. The van der Waals surface area contributed by atoms with Gasteiger partial charge in [-0.1, -0.05) is 30.3 Å². The van der Waals surface area contributed by atoms with Gasteiger partial charge in [-0.2, -0.15) is 0 Å². The van der Waals surface area contributed by atoms with Crippen LogP contribution in [0.5, 0.6) is 0 Å². The molecule has 0 aliphatic carbocycles. The minimum atomic E-state index is -0.338. The van der Waals surface area contributed by atoms with E-state index in [0.29, 0.717) is 6.54 Å². The summed E-state index contributed by atoms with van der Waals surface area (Å²) >= 11 is 0. The zero-order chi connectivity index (χ0) is 17.8. The molecule has 3 heterocycles. The Morgan fingerprint density at radius 1 is 1.08 bits per heavy atom. The number of anilines is 1. The van der Waals surface area contributed by atoms with Crippen LogP contribution in [0.4, 0.5) is 5.95 Å². The molecule has 0 unspecified atom stereocenters. The molecule has 1 aliphatic rings. The molecule has 1 N–H and O–H groups in total. The quantitative estimate of drug-likeness (QED) is 0.739. The second-order valence-electron chi connectivity index (χ2n) is 6.45. The zero-order valence-electron chi connectivity index (χ0n) is 14.5.